The molecule has 53 heavy (non-hydrogen) atoms. The summed E-state index contributed by atoms with van der Waals surface area (Å²) in [5.74, 6) is -6.21. The number of rotatable bonds is 6. The van der Waals surface area contributed by atoms with Crippen LogP contribution in [0.25, 0.3) is 0 Å². The van der Waals surface area contributed by atoms with Gasteiger partial charge in [-0.2, -0.15) is 0 Å². The van der Waals surface area contributed by atoms with Gasteiger partial charge in [0.05, 0.1) is 18.6 Å². The van der Waals surface area contributed by atoms with Crippen LogP contribution in [0.2, 0.25) is 0 Å². The molecule has 1 fully saturated rings. The molecule has 282 valence electrons. The normalized spacial score (nSPS) is 29.4. The lowest BCUT2D eigenvalue weighted by molar-refractivity contribution is -0.318. The van der Waals surface area contributed by atoms with Crippen molar-refractivity contribution < 1.29 is 85.3 Å². The lowest BCUT2D eigenvalue weighted by Crippen LogP contribution is -2.60. The first-order chi connectivity index (χ1) is 25.2. The van der Waals surface area contributed by atoms with Gasteiger partial charge in [-0.1, -0.05) is 12.1 Å². The number of fused-ring (bicyclic) bond motifs is 2. The van der Waals surface area contributed by atoms with Gasteiger partial charge in [-0.15, -0.1) is 0 Å². The molecule has 1 saturated heterocycles. The molecule has 7 rings (SSSR count). The molecule has 0 aromatic heterocycles. The van der Waals surface area contributed by atoms with Crippen molar-refractivity contribution in [2.45, 2.75) is 67.5 Å². The number of phenols is 8. The Morgan fingerprint density at radius 2 is 1.23 bits per heavy atom. The van der Waals surface area contributed by atoms with Crippen molar-refractivity contribution in [2.24, 2.45) is 0 Å². The van der Waals surface area contributed by atoms with Crippen LogP contribution in [-0.2, 0) is 15.9 Å². The molecular weight excluding hydrogens is 704 g/mol. The molecule has 17 nitrogen and oxygen atoms in total. The number of hydrogen-bond acceptors (Lipinski definition) is 17. The topological polar surface area (TPSA) is 300 Å². The molecule has 0 radical (unpaired) electrons. The van der Waals surface area contributed by atoms with E-state index in [2.05, 4.69) is 0 Å². The summed E-state index contributed by atoms with van der Waals surface area (Å²) in [6.45, 7) is -0.815. The maximum atomic E-state index is 11.7. The highest BCUT2D eigenvalue weighted by atomic mass is 16.7. The lowest BCUT2D eigenvalue weighted by Gasteiger charge is -2.46. The van der Waals surface area contributed by atoms with Gasteiger partial charge in [0.25, 0.3) is 0 Å². The summed E-state index contributed by atoms with van der Waals surface area (Å²) in [5.41, 5.74) is -0.0891. The monoisotopic (exact) mass is 740 g/mol. The summed E-state index contributed by atoms with van der Waals surface area (Å²) in [7, 11) is 0. The standard InChI is InChI=1S/C36H36O17/c37-11-25-29(47)30(48)31(49)36(51-25)53-35-28(26-21(44)7-14(38)8-24(26)50-33(35)13-2-4-17(40)20(43)6-13)27-22(45)10-18(41)15-9-23(46)32(52-34(15)27)12-1-3-16(39)19(42)5-12/h1-8,10,23,25,28-33,35-49H,9,11H2/t23-,25+,28?,29+,30-,31+,32+,33+,35-,36?/m0/s1. The molecule has 0 spiro atoms. The van der Waals surface area contributed by atoms with Crippen molar-refractivity contribution in [3.05, 3.63) is 82.4 Å². The van der Waals surface area contributed by atoms with Crippen LogP contribution in [0.3, 0.4) is 0 Å². The number of hydrogen-bond donors (Lipinski definition) is 13. The molecule has 0 bridgehead atoms. The zero-order valence-corrected chi connectivity index (χ0v) is 27.3. The van der Waals surface area contributed by atoms with Crippen LogP contribution in [0.15, 0.2) is 54.6 Å². The first kappa shape index (κ1) is 36.0. The van der Waals surface area contributed by atoms with Crippen molar-refractivity contribution in [1.29, 1.82) is 0 Å². The number of aliphatic hydroxyl groups is 5. The third kappa shape index (κ3) is 6.17. The number of aliphatic hydroxyl groups excluding tert-OH is 5. The Labute approximate surface area is 299 Å². The van der Waals surface area contributed by atoms with Gasteiger partial charge in [-0.25, -0.2) is 0 Å². The Bertz CT molecular complexity index is 2030. The largest absolute Gasteiger partial charge is 0.508 e. The molecule has 3 heterocycles. The Morgan fingerprint density at radius 3 is 1.85 bits per heavy atom. The summed E-state index contributed by atoms with van der Waals surface area (Å²) in [6.07, 6.45) is -14.9. The summed E-state index contributed by atoms with van der Waals surface area (Å²) in [6, 6.07) is 10.3. The summed E-state index contributed by atoms with van der Waals surface area (Å²) >= 11 is 0. The van der Waals surface area contributed by atoms with E-state index < -0.39 is 114 Å². The average molecular weight is 741 g/mol. The molecule has 0 aliphatic carbocycles. The Morgan fingerprint density at radius 1 is 0.604 bits per heavy atom. The zero-order valence-electron chi connectivity index (χ0n) is 27.3. The highest BCUT2D eigenvalue weighted by Gasteiger charge is 2.52. The number of aromatic hydroxyl groups is 8. The van der Waals surface area contributed by atoms with Gasteiger partial charge in [0.15, 0.2) is 35.4 Å². The van der Waals surface area contributed by atoms with E-state index in [0.29, 0.717) is 0 Å². The molecule has 0 amide bonds. The SMILES string of the molecule is OC[C@H]1OC(O[C@H]2C(c3c(O)cc(O)c4c3O[C@H](c3ccc(O)c(O)c3)[C@@H](O)C4)c3c(O)cc(O)cc3O[C@@H]2c2ccc(O)c(O)c2)[C@H](O)[C@@H](O)[C@@H]1O. The van der Waals surface area contributed by atoms with Crippen molar-refractivity contribution >= 4 is 0 Å². The minimum absolute atomic E-state index is 0.0127. The lowest BCUT2D eigenvalue weighted by atomic mass is 9.77. The van der Waals surface area contributed by atoms with Gasteiger partial charge in [-0.05, 0) is 35.4 Å². The van der Waals surface area contributed by atoms with Crippen LogP contribution in [0.4, 0.5) is 0 Å². The van der Waals surface area contributed by atoms with Crippen molar-refractivity contribution in [2.75, 3.05) is 6.61 Å². The van der Waals surface area contributed by atoms with Crippen LogP contribution in [0, 0.1) is 0 Å². The average Bonchev–Trinajstić information content (AvgIpc) is 3.11. The predicted molar refractivity (Wildman–Crippen MR) is 176 cm³/mol. The van der Waals surface area contributed by atoms with Crippen molar-refractivity contribution in [3.63, 3.8) is 0 Å². The molecule has 10 atom stereocenters. The zero-order chi connectivity index (χ0) is 38.0. The van der Waals surface area contributed by atoms with E-state index in [1.54, 1.807) is 0 Å². The Hall–Kier alpha value is -5.40. The third-order valence-corrected chi connectivity index (χ3v) is 9.79. The first-order valence-electron chi connectivity index (χ1n) is 16.3. The van der Waals surface area contributed by atoms with Gasteiger partial charge in [0.1, 0.15) is 71.1 Å². The molecule has 4 aromatic rings. The Kier molecular flexibility index (Phi) is 9.19. The highest BCUT2D eigenvalue weighted by molar-refractivity contribution is 5.66. The predicted octanol–water partition coefficient (Wildman–Crippen LogP) is 0.819. The smallest absolute Gasteiger partial charge is 0.187 e. The van der Waals surface area contributed by atoms with Crippen molar-refractivity contribution in [3.8, 4) is 57.5 Å². The molecule has 2 unspecified atom stereocenters. The van der Waals surface area contributed by atoms with Gasteiger partial charge in [-0.3, -0.25) is 0 Å². The van der Waals surface area contributed by atoms with E-state index in [4.69, 9.17) is 18.9 Å². The highest BCUT2D eigenvalue weighted by Crippen LogP contribution is 2.58. The van der Waals surface area contributed by atoms with Crippen LogP contribution < -0.4 is 9.47 Å². The van der Waals surface area contributed by atoms with Crippen molar-refractivity contribution in [1.82, 2.24) is 0 Å². The minimum Gasteiger partial charge on any atom is -0.508 e. The minimum atomic E-state index is -1.96. The fourth-order valence-corrected chi connectivity index (χ4v) is 7.17. The summed E-state index contributed by atoms with van der Waals surface area (Å²) in [5, 5.41) is 138. The fraction of sp³-hybridized carbons (Fsp3) is 0.333. The second-order valence-electron chi connectivity index (χ2n) is 13.1. The second kappa shape index (κ2) is 13.5. The first-order valence-corrected chi connectivity index (χ1v) is 16.3. The van der Waals surface area contributed by atoms with Crippen LogP contribution in [0.1, 0.15) is 45.9 Å². The van der Waals surface area contributed by atoms with E-state index in [1.807, 2.05) is 0 Å². The van der Waals surface area contributed by atoms with Crippen LogP contribution >= 0.6 is 0 Å². The number of benzene rings is 4. The quantitative estimate of drug-likeness (QED) is 0.122. The number of ether oxygens (including phenoxy) is 4. The Balaban J connectivity index is 1.46. The molecule has 13 N–H and O–H groups in total. The molecule has 0 saturated carbocycles. The molecule has 17 heteroatoms. The van der Waals surface area contributed by atoms with E-state index in [-0.39, 0.29) is 45.7 Å². The fourth-order valence-electron chi connectivity index (χ4n) is 7.17. The van der Waals surface area contributed by atoms with Crippen LogP contribution in [-0.4, -0.2) is 116 Å². The molecule has 3 aliphatic rings. The second-order valence-corrected chi connectivity index (χ2v) is 13.1. The van der Waals surface area contributed by atoms with E-state index in [0.717, 1.165) is 36.4 Å². The van der Waals surface area contributed by atoms with Gasteiger partial charge < -0.3 is 85.3 Å². The van der Waals surface area contributed by atoms with Gasteiger partial charge in [0.2, 0.25) is 0 Å². The van der Waals surface area contributed by atoms with Crippen LogP contribution in [0.5, 0.6) is 57.5 Å². The van der Waals surface area contributed by atoms with Gasteiger partial charge in [0, 0.05) is 41.3 Å². The summed E-state index contributed by atoms with van der Waals surface area (Å²) < 4.78 is 24.6. The van der Waals surface area contributed by atoms with Gasteiger partial charge >= 0.3 is 0 Å². The van der Waals surface area contributed by atoms with E-state index in [1.165, 1.54) is 18.2 Å². The molecule has 4 aromatic carbocycles. The maximum Gasteiger partial charge on any atom is 0.187 e. The third-order valence-electron chi connectivity index (χ3n) is 9.79. The van der Waals surface area contributed by atoms with E-state index in [9.17, 15) is 66.4 Å². The maximum absolute atomic E-state index is 11.7. The van der Waals surface area contributed by atoms with E-state index >= 15 is 0 Å². The molecule has 3 aliphatic heterocycles. The molecular formula is C36H36O17. The summed E-state index contributed by atoms with van der Waals surface area (Å²) in [4.78, 5) is 0. The number of phenolic OH excluding ortho intramolecular Hbond substituents is 8.